The Hall–Kier alpha value is -1.77. The molecule has 0 aliphatic rings. The second kappa shape index (κ2) is 5.86. The van der Waals surface area contributed by atoms with Crippen LogP contribution in [-0.2, 0) is 0 Å². The minimum absolute atomic E-state index is 0.493. The normalized spacial score (nSPS) is 10.3. The summed E-state index contributed by atoms with van der Waals surface area (Å²) in [5.41, 5.74) is 0.574. The molecule has 0 N–H and O–H groups in total. The van der Waals surface area contributed by atoms with Crippen LogP contribution in [0.2, 0.25) is 0 Å². The summed E-state index contributed by atoms with van der Waals surface area (Å²) in [4.78, 5) is 10.5. The zero-order valence-electron chi connectivity index (χ0n) is 8.90. The predicted octanol–water partition coefficient (Wildman–Crippen LogP) is 2.46. The van der Waals surface area contributed by atoms with Crippen molar-refractivity contribution in [1.82, 2.24) is 0 Å². The molecule has 3 heteroatoms. The highest BCUT2D eigenvalue weighted by Gasteiger charge is 2.04. The van der Waals surface area contributed by atoms with Crippen LogP contribution in [0.1, 0.15) is 17.3 Å². The molecule has 0 fully saturated rings. The highest BCUT2D eigenvalue weighted by Crippen LogP contribution is 2.27. The highest BCUT2D eigenvalue weighted by molar-refractivity contribution is 5.76. The van der Waals surface area contributed by atoms with Crippen LogP contribution in [-0.4, -0.2) is 20.0 Å². The molecule has 0 bridgehead atoms. The summed E-state index contributed by atoms with van der Waals surface area (Å²) < 4.78 is 10.6. The molecule has 0 spiro atoms. The summed E-state index contributed by atoms with van der Waals surface area (Å²) >= 11 is 0. The average Bonchev–Trinajstić information content (AvgIpc) is 2.29. The molecule has 0 aliphatic carbocycles. The Balaban J connectivity index is 2.82. The first-order valence-corrected chi connectivity index (χ1v) is 4.69. The Labute approximate surface area is 89.3 Å². The molecule has 3 nitrogen and oxygen atoms in total. The van der Waals surface area contributed by atoms with Crippen molar-refractivity contribution in [2.24, 2.45) is 0 Å². The number of carbonyl (C=O) groups is 1. The number of rotatable bonds is 5. The van der Waals surface area contributed by atoms with Gasteiger partial charge in [-0.15, -0.1) is 0 Å². The van der Waals surface area contributed by atoms with Gasteiger partial charge in [-0.1, -0.05) is 12.2 Å². The molecule has 0 saturated carbocycles. The zero-order valence-corrected chi connectivity index (χ0v) is 8.90. The highest BCUT2D eigenvalue weighted by atomic mass is 16.5. The van der Waals surface area contributed by atoms with E-state index in [0.29, 0.717) is 23.7 Å². The van der Waals surface area contributed by atoms with Crippen molar-refractivity contribution in [3.8, 4) is 11.5 Å². The molecule has 1 aromatic carbocycles. The van der Waals surface area contributed by atoms with Crippen molar-refractivity contribution in [3.05, 3.63) is 35.9 Å². The van der Waals surface area contributed by atoms with Gasteiger partial charge in [0.05, 0.1) is 7.11 Å². The van der Waals surface area contributed by atoms with E-state index in [-0.39, 0.29) is 0 Å². The fourth-order valence-corrected chi connectivity index (χ4v) is 1.11. The van der Waals surface area contributed by atoms with E-state index >= 15 is 0 Å². The molecule has 0 radical (unpaired) electrons. The molecule has 0 aliphatic heterocycles. The number of aldehydes is 1. The Morgan fingerprint density at radius 2 is 2.13 bits per heavy atom. The molecular formula is C12H14O3. The van der Waals surface area contributed by atoms with E-state index in [4.69, 9.17) is 9.47 Å². The maximum absolute atomic E-state index is 10.5. The molecule has 15 heavy (non-hydrogen) atoms. The van der Waals surface area contributed by atoms with Crippen molar-refractivity contribution >= 4 is 6.29 Å². The van der Waals surface area contributed by atoms with E-state index in [9.17, 15) is 4.79 Å². The van der Waals surface area contributed by atoms with Crippen molar-refractivity contribution in [2.75, 3.05) is 13.7 Å². The monoisotopic (exact) mass is 206 g/mol. The second-order valence-electron chi connectivity index (χ2n) is 2.91. The molecule has 0 saturated heterocycles. The van der Waals surface area contributed by atoms with Crippen LogP contribution in [0.4, 0.5) is 0 Å². The number of carbonyl (C=O) groups excluding carboxylic acids is 1. The first-order valence-electron chi connectivity index (χ1n) is 4.69. The Bertz CT molecular complexity index is 356. The van der Waals surface area contributed by atoms with Crippen LogP contribution in [0.25, 0.3) is 0 Å². The molecule has 1 aromatic rings. The van der Waals surface area contributed by atoms with Gasteiger partial charge >= 0.3 is 0 Å². The standard InChI is InChI=1S/C12H14O3/c1-3-4-7-15-11-6-5-10(9-13)8-12(11)14-2/h3-6,8-9H,7H2,1-2H3/b4-3+. The van der Waals surface area contributed by atoms with Gasteiger partial charge in [-0.05, 0) is 25.1 Å². The quantitative estimate of drug-likeness (QED) is 0.548. The number of ether oxygens (including phenoxy) is 2. The Morgan fingerprint density at radius 1 is 1.33 bits per heavy atom. The van der Waals surface area contributed by atoms with Gasteiger partial charge < -0.3 is 9.47 Å². The number of allylic oxidation sites excluding steroid dienone is 1. The number of methoxy groups -OCH3 is 1. The lowest BCUT2D eigenvalue weighted by molar-refractivity contribution is 0.112. The molecule has 1 rings (SSSR count). The first kappa shape index (κ1) is 11.3. The maximum atomic E-state index is 10.5. The van der Waals surface area contributed by atoms with Crippen LogP contribution < -0.4 is 9.47 Å². The van der Waals surface area contributed by atoms with Gasteiger partial charge in [0.2, 0.25) is 0 Å². The summed E-state index contributed by atoms with van der Waals surface area (Å²) in [6.45, 7) is 2.42. The Morgan fingerprint density at radius 3 is 2.73 bits per heavy atom. The van der Waals surface area contributed by atoms with E-state index < -0.39 is 0 Å². The van der Waals surface area contributed by atoms with Gasteiger partial charge in [-0.2, -0.15) is 0 Å². The number of hydrogen-bond acceptors (Lipinski definition) is 3. The smallest absolute Gasteiger partial charge is 0.161 e. The fraction of sp³-hybridized carbons (Fsp3) is 0.250. The number of hydrogen-bond donors (Lipinski definition) is 0. The van der Waals surface area contributed by atoms with E-state index in [2.05, 4.69) is 0 Å². The lowest BCUT2D eigenvalue weighted by Gasteiger charge is -2.09. The molecule has 0 aromatic heterocycles. The second-order valence-corrected chi connectivity index (χ2v) is 2.91. The van der Waals surface area contributed by atoms with E-state index in [0.717, 1.165) is 6.29 Å². The summed E-state index contributed by atoms with van der Waals surface area (Å²) in [5, 5.41) is 0. The van der Waals surface area contributed by atoms with Crippen LogP contribution in [0.15, 0.2) is 30.4 Å². The van der Waals surface area contributed by atoms with Gasteiger partial charge in [-0.25, -0.2) is 0 Å². The summed E-state index contributed by atoms with van der Waals surface area (Å²) in [7, 11) is 1.55. The SMILES string of the molecule is C/C=C/COc1ccc(C=O)cc1OC. The minimum Gasteiger partial charge on any atom is -0.493 e. The van der Waals surface area contributed by atoms with Crippen LogP contribution >= 0.6 is 0 Å². The topological polar surface area (TPSA) is 35.5 Å². The average molecular weight is 206 g/mol. The molecule has 80 valence electrons. The molecule has 0 amide bonds. The van der Waals surface area contributed by atoms with Crippen LogP contribution in [0.3, 0.4) is 0 Å². The van der Waals surface area contributed by atoms with Crippen LogP contribution in [0.5, 0.6) is 11.5 Å². The first-order chi connectivity index (χ1) is 7.31. The third-order valence-corrected chi connectivity index (χ3v) is 1.89. The van der Waals surface area contributed by atoms with Gasteiger partial charge in [0.25, 0.3) is 0 Å². The van der Waals surface area contributed by atoms with Crippen molar-refractivity contribution < 1.29 is 14.3 Å². The van der Waals surface area contributed by atoms with E-state index in [1.807, 2.05) is 19.1 Å². The summed E-state index contributed by atoms with van der Waals surface area (Å²) in [5.74, 6) is 1.21. The number of benzene rings is 1. The van der Waals surface area contributed by atoms with Crippen molar-refractivity contribution in [2.45, 2.75) is 6.92 Å². The minimum atomic E-state index is 0.493. The van der Waals surface area contributed by atoms with Gasteiger partial charge in [0.1, 0.15) is 12.9 Å². The van der Waals surface area contributed by atoms with Crippen molar-refractivity contribution in [3.63, 3.8) is 0 Å². The predicted molar refractivity (Wildman–Crippen MR) is 58.7 cm³/mol. The fourth-order valence-electron chi connectivity index (χ4n) is 1.11. The largest absolute Gasteiger partial charge is 0.493 e. The van der Waals surface area contributed by atoms with Gasteiger partial charge in [-0.3, -0.25) is 4.79 Å². The Kier molecular flexibility index (Phi) is 4.41. The van der Waals surface area contributed by atoms with Gasteiger partial charge in [0.15, 0.2) is 11.5 Å². The lowest BCUT2D eigenvalue weighted by Crippen LogP contribution is -1.97. The van der Waals surface area contributed by atoms with E-state index in [1.54, 1.807) is 25.3 Å². The molecule has 0 heterocycles. The third-order valence-electron chi connectivity index (χ3n) is 1.89. The van der Waals surface area contributed by atoms with E-state index in [1.165, 1.54) is 0 Å². The maximum Gasteiger partial charge on any atom is 0.161 e. The van der Waals surface area contributed by atoms with Crippen molar-refractivity contribution in [1.29, 1.82) is 0 Å². The summed E-state index contributed by atoms with van der Waals surface area (Å²) in [6, 6.07) is 5.07. The third kappa shape index (κ3) is 3.13. The lowest BCUT2D eigenvalue weighted by atomic mass is 10.2. The zero-order chi connectivity index (χ0) is 11.1. The van der Waals surface area contributed by atoms with Crippen LogP contribution in [0, 0.1) is 0 Å². The molecular weight excluding hydrogens is 192 g/mol. The molecule has 0 atom stereocenters. The summed E-state index contributed by atoms with van der Waals surface area (Å²) in [6.07, 6.45) is 4.58. The molecule has 0 unspecified atom stereocenters. The van der Waals surface area contributed by atoms with Gasteiger partial charge in [0, 0.05) is 5.56 Å².